The highest BCUT2D eigenvalue weighted by Crippen LogP contribution is 2.24. The molecule has 0 aliphatic rings. The molecule has 0 spiro atoms. The highest BCUT2D eigenvalue weighted by molar-refractivity contribution is 7.99. The van der Waals surface area contributed by atoms with Crippen molar-refractivity contribution in [2.24, 2.45) is 0 Å². The zero-order valence-corrected chi connectivity index (χ0v) is 17.1. The molecule has 0 atom stereocenters. The number of aromatic nitrogens is 2. The van der Waals surface area contributed by atoms with Gasteiger partial charge in [0.25, 0.3) is 0 Å². The molecule has 0 N–H and O–H groups in total. The monoisotopic (exact) mass is 419 g/mol. The third kappa shape index (κ3) is 5.11. The number of thioether (sulfide) groups is 1. The van der Waals surface area contributed by atoms with Gasteiger partial charge in [-0.1, -0.05) is 52.7 Å². The quantitative estimate of drug-likeness (QED) is 0.554. The number of hydrogen-bond donors (Lipinski definition) is 0. The second-order valence-electron chi connectivity index (χ2n) is 6.32. The largest absolute Gasteiger partial charge is 0.337 e. The van der Waals surface area contributed by atoms with Gasteiger partial charge in [-0.25, -0.2) is 4.39 Å². The van der Waals surface area contributed by atoms with E-state index in [9.17, 15) is 9.18 Å². The van der Waals surface area contributed by atoms with Crippen molar-refractivity contribution < 1.29 is 13.7 Å². The Balaban J connectivity index is 1.52. The molecule has 0 unspecified atom stereocenters. The number of benzene rings is 2. The second-order valence-corrected chi connectivity index (χ2v) is 7.71. The minimum Gasteiger partial charge on any atom is -0.337 e. The Morgan fingerprint density at radius 3 is 2.71 bits per heavy atom. The molecule has 3 aromatic rings. The number of carbonyl (C=O) groups is 1. The van der Waals surface area contributed by atoms with Crippen LogP contribution >= 0.6 is 23.4 Å². The summed E-state index contributed by atoms with van der Waals surface area (Å²) in [5.41, 5.74) is 2.41. The normalized spacial score (nSPS) is 10.9. The summed E-state index contributed by atoms with van der Waals surface area (Å²) in [5.74, 6) is 0.874. The summed E-state index contributed by atoms with van der Waals surface area (Å²) in [5, 5.41) is 4.33. The smallest absolute Gasteiger partial charge is 0.246 e. The van der Waals surface area contributed by atoms with E-state index < -0.39 is 0 Å². The molecule has 146 valence electrons. The molecule has 1 amide bonds. The fraction of sp³-hybridized carbons (Fsp3) is 0.250. The average molecular weight is 420 g/mol. The number of rotatable bonds is 7. The molecule has 0 radical (unpaired) electrons. The molecule has 8 heteroatoms. The van der Waals surface area contributed by atoms with Crippen LogP contribution in [-0.4, -0.2) is 33.7 Å². The first kappa shape index (κ1) is 20.4. The Bertz CT molecular complexity index is 942. The van der Waals surface area contributed by atoms with Gasteiger partial charge in [-0.3, -0.25) is 4.79 Å². The van der Waals surface area contributed by atoms with Crippen molar-refractivity contribution in [2.75, 3.05) is 12.8 Å². The van der Waals surface area contributed by atoms with Crippen LogP contribution in [0.25, 0.3) is 11.4 Å². The number of nitrogens with zero attached hydrogens (tertiary/aromatic N) is 3. The second kappa shape index (κ2) is 9.21. The molecule has 3 rings (SSSR count). The van der Waals surface area contributed by atoms with Crippen LogP contribution in [-0.2, 0) is 17.1 Å². The molecule has 0 aliphatic carbocycles. The minimum absolute atomic E-state index is 0.118. The predicted octanol–water partition coefficient (Wildman–Crippen LogP) is 4.73. The Labute approximate surface area is 171 Å². The lowest BCUT2D eigenvalue weighted by atomic mass is 10.1. The molecule has 0 fully saturated rings. The van der Waals surface area contributed by atoms with E-state index in [1.807, 2.05) is 31.2 Å². The van der Waals surface area contributed by atoms with Crippen LogP contribution in [0.3, 0.4) is 0 Å². The van der Waals surface area contributed by atoms with E-state index in [1.165, 1.54) is 22.7 Å². The van der Waals surface area contributed by atoms with Crippen LogP contribution < -0.4 is 0 Å². The fourth-order valence-corrected chi connectivity index (χ4v) is 3.75. The van der Waals surface area contributed by atoms with Gasteiger partial charge in [-0.05, 0) is 19.1 Å². The Kier molecular flexibility index (Phi) is 6.70. The summed E-state index contributed by atoms with van der Waals surface area (Å²) >= 11 is 7.30. The summed E-state index contributed by atoms with van der Waals surface area (Å²) < 4.78 is 19.0. The molecule has 0 aliphatic heterocycles. The zero-order valence-electron chi connectivity index (χ0n) is 15.5. The van der Waals surface area contributed by atoms with Crippen LogP contribution in [0.5, 0.6) is 0 Å². The zero-order chi connectivity index (χ0) is 20.1. The lowest BCUT2D eigenvalue weighted by Gasteiger charge is -2.14. The minimum atomic E-state index is -0.365. The van der Waals surface area contributed by atoms with E-state index in [2.05, 4.69) is 10.1 Å². The van der Waals surface area contributed by atoms with Crippen LogP contribution in [0.2, 0.25) is 5.02 Å². The van der Waals surface area contributed by atoms with Crippen LogP contribution in [0.15, 0.2) is 47.0 Å². The van der Waals surface area contributed by atoms with Crippen LogP contribution in [0.4, 0.5) is 4.39 Å². The maximum atomic E-state index is 13.8. The number of hydrogen-bond acceptors (Lipinski definition) is 5. The molecule has 28 heavy (non-hydrogen) atoms. The molecule has 0 saturated carbocycles. The molecular formula is C20H19ClFN3O2S. The maximum absolute atomic E-state index is 13.8. The first-order chi connectivity index (χ1) is 13.4. The summed E-state index contributed by atoms with van der Waals surface area (Å²) in [6.45, 7) is 2.21. The first-order valence-electron chi connectivity index (χ1n) is 8.58. The summed E-state index contributed by atoms with van der Waals surface area (Å²) in [7, 11) is 1.66. The fourth-order valence-electron chi connectivity index (χ4n) is 2.45. The van der Waals surface area contributed by atoms with Gasteiger partial charge >= 0.3 is 0 Å². The van der Waals surface area contributed by atoms with Crippen molar-refractivity contribution in [2.45, 2.75) is 19.2 Å². The topological polar surface area (TPSA) is 59.2 Å². The van der Waals surface area contributed by atoms with Gasteiger partial charge in [-0.15, -0.1) is 11.8 Å². The van der Waals surface area contributed by atoms with Gasteiger partial charge < -0.3 is 9.42 Å². The van der Waals surface area contributed by atoms with Gasteiger partial charge in [0.1, 0.15) is 5.82 Å². The van der Waals surface area contributed by atoms with Crippen molar-refractivity contribution in [1.29, 1.82) is 0 Å². The van der Waals surface area contributed by atoms with Crippen LogP contribution in [0, 0.1) is 12.7 Å². The molecule has 0 saturated heterocycles. The summed E-state index contributed by atoms with van der Waals surface area (Å²) in [6.07, 6.45) is 0. The number of carbonyl (C=O) groups excluding carboxylic acids is 1. The first-order valence-corrected chi connectivity index (χ1v) is 10.1. The van der Waals surface area contributed by atoms with E-state index in [-0.39, 0.29) is 24.0 Å². The third-order valence-electron chi connectivity index (χ3n) is 4.11. The van der Waals surface area contributed by atoms with Gasteiger partial charge in [0, 0.05) is 29.0 Å². The van der Waals surface area contributed by atoms with Crippen molar-refractivity contribution in [3.63, 3.8) is 0 Å². The highest BCUT2D eigenvalue weighted by atomic mass is 35.5. The maximum Gasteiger partial charge on any atom is 0.246 e. The van der Waals surface area contributed by atoms with Crippen molar-refractivity contribution in [1.82, 2.24) is 15.0 Å². The summed E-state index contributed by atoms with van der Waals surface area (Å²) in [6, 6.07) is 12.3. The van der Waals surface area contributed by atoms with Gasteiger partial charge in [0.2, 0.25) is 17.6 Å². The lowest BCUT2D eigenvalue weighted by Crippen LogP contribution is -2.28. The van der Waals surface area contributed by atoms with E-state index >= 15 is 0 Å². The molecule has 1 aromatic heterocycles. The van der Waals surface area contributed by atoms with E-state index in [4.69, 9.17) is 16.1 Å². The van der Waals surface area contributed by atoms with Crippen LogP contribution in [0.1, 0.15) is 17.0 Å². The van der Waals surface area contributed by atoms with E-state index in [0.717, 1.165) is 11.1 Å². The van der Waals surface area contributed by atoms with Gasteiger partial charge in [0.15, 0.2) is 0 Å². The Morgan fingerprint density at radius 2 is 2.00 bits per heavy atom. The number of halogens is 2. The van der Waals surface area contributed by atoms with E-state index in [0.29, 0.717) is 28.1 Å². The van der Waals surface area contributed by atoms with Crippen molar-refractivity contribution >= 4 is 29.3 Å². The van der Waals surface area contributed by atoms with Crippen molar-refractivity contribution in [3.05, 3.63) is 70.3 Å². The number of amides is 1. The third-order valence-corrected chi connectivity index (χ3v) is 5.41. The summed E-state index contributed by atoms with van der Waals surface area (Å²) in [4.78, 5) is 18.2. The molecule has 1 heterocycles. The standard InChI is InChI=1S/C20H19ClFN3O2S/c1-13-6-8-14(9-7-13)20-23-18(27-24-20)10-25(2)19(26)12-28-11-15-16(21)4-3-5-17(15)22/h3-9H,10-12H2,1-2H3. The SMILES string of the molecule is Cc1ccc(-c2noc(CN(C)C(=O)CSCc3c(F)cccc3Cl)n2)cc1. The Morgan fingerprint density at radius 1 is 1.25 bits per heavy atom. The molecular weight excluding hydrogens is 401 g/mol. The van der Waals surface area contributed by atoms with Crippen molar-refractivity contribution in [3.8, 4) is 11.4 Å². The lowest BCUT2D eigenvalue weighted by molar-refractivity contribution is -0.127. The highest BCUT2D eigenvalue weighted by Gasteiger charge is 2.15. The molecule has 2 aromatic carbocycles. The molecule has 5 nitrogen and oxygen atoms in total. The molecule has 0 bridgehead atoms. The Hall–Kier alpha value is -2.38. The number of aryl methyl sites for hydroxylation is 1. The average Bonchev–Trinajstić information content (AvgIpc) is 3.13. The predicted molar refractivity (Wildman–Crippen MR) is 109 cm³/mol. The van der Waals surface area contributed by atoms with Gasteiger partial charge in [0.05, 0.1) is 12.3 Å². The van der Waals surface area contributed by atoms with Gasteiger partial charge in [-0.2, -0.15) is 4.98 Å². The van der Waals surface area contributed by atoms with E-state index in [1.54, 1.807) is 19.2 Å².